The van der Waals surface area contributed by atoms with E-state index in [0.717, 1.165) is 16.8 Å². The number of nitrogens with one attached hydrogen (secondary N) is 5. The number of H-pyrrole nitrogens is 1. The molecule has 0 radical (unpaired) electrons. The number of anilines is 1. The van der Waals surface area contributed by atoms with Gasteiger partial charge in [0.25, 0.3) is 11.8 Å². The topological polar surface area (TPSA) is 165 Å². The van der Waals surface area contributed by atoms with Gasteiger partial charge in [0.2, 0.25) is 10.0 Å². The molecule has 6 N–H and O–H groups in total. The number of amides is 2. The molecule has 0 fully saturated rings. The third-order valence-electron chi connectivity index (χ3n) is 7.06. The zero-order valence-corrected chi connectivity index (χ0v) is 25.5. The van der Waals surface area contributed by atoms with Crippen LogP contribution in [-0.2, 0) is 23.0 Å². The highest BCUT2D eigenvalue weighted by Gasteiger charge is 2.24. The SMILES string of the molecule is CCS(=O)(=O)Nc1cc(C(=O)N[C@@H](Cc2ccccc2)[C@H](O)CNCc2cnc[nH]2)cc(C(=O)N[C@H](C)c2ccccc2)c1. The standard InChI is InChI=1S/C32H38N6O5S/c1-3-44(42,43)38-27-16-25(31(40)36-22(2)24-12-8-5-9-13-24)15-26(17-27)32(41)37-29(14-23-10-6-4-7-11-23)30(39)20-33-18-28-19-34-21-35-28/h4-13,15-17,19,21-22,29-30,33,38-39H,3,14,18,20H2,1-2H3,(H,34,35)(H,36,40)(H,37,41)/t22-,29+,30-/m1/s1. The fraction of sp³-hybridized carbons (Fsp3) is 0.281. The molecule has 0 saturated carbocycles. The van der Waals surface area contributed by atoms with Crippen LogP contribution in [0.3, 0.4) is 0 Å². The largest absolute Gasteiger partial charge is 0.390 e. The Hall–Kier alpha value is -4.52. The van der Waals surface area contributed by atoms with Gasteiger partial charge in [-0.15, -0.1) is 0 Å². The van der Waals surface area contributed by atoms with E-state index in [1.165, 1.54) is 25.1 Å². The maximum Gasteiger partial charge on any atom is 0.251 e. The van der Waals surface area contributed by atoms with E-state index in [4.69, 9.17) is 0 Å². The van der Waals surface area contributed by atoms with Gasteiger partial charge in [-0.25, -0.2) is 13.4 Å². The van der Waals surface area contributed by atoms with Crippen molar-refractivity contribution in [3.8, 4) is 0 Å². The number of aromatic nitrogens is 2. The van der Waals surface area contributed by atoms with Crippen LogP contribution in [0.1, 0.15) is 57.4 Å². The highest BCUT2D eigenvalue weighted by atomic mass is 32.2. The molecule has 0 unspecified atom stereocenters. The number of benzene rings is 3. The average Bonchev–Trinajstić information content (AvgIpc) is 3.55. The van der Waals surface area contributed by atoms with Gasteiger partial charge in [-0.05, 0) is 49.6 Å². The summed E-state index contributed by atoms with van der Waals surface area (Å²) in [6.45, 7) is 3.95. The smallest absolute Gasteiger partial charge is 0.251 e. The van der Waals surface area contributed by atoms with Crippen LogP contribution in [-0.4, -0.2) is 59.8 Å². The van der Waals surface area contributed by atoms with Gasteiger partial charge in [-0.2, -0.15) is 0 Å². The lowest BCUT2D eigenvalue weighted by Gasteiger charge is -2.25. The van der Waals surface area contributed by atoms with E-state index in [-0.39, 0.29) is 35.2 Å². The second kappa shape index (κ2) is 15.3. The number of carbonyl (C=O) groups excluding carboxylic acids is 2. The molecular weight excluding hydrogens is 580 g/mol. The van der Waals surface area contributed by atoms with E-state index in [1.807, 2.05) is 67.6 Å². The third kappa shape index (κ3) is 9.49. The van der Waals surface area contributed by atoms with Crippen molar-refractivity contribution in [2.45, 2.75) is 45.0 Å². The van der Waals surface area contributed by atoms with Crippen LogP contribution in [0, 0.1) is 0 Å². The van der Waals surface area contributed by atoms with Crippen LogP contribution < -0.4 is 20.7 Å². The number of carbonyl (C=O) groups is 2. The van der Waals surface area contributed by atoms with Crippen molar-refractivity contribution in [2.24, 2.45) is 0 Å². The molecule has 4 aromatic rings. The lowest BCUT2D eigenvalue weighted by Crippen LogP contribution is -2.48. The van der Waals surface area contributed by atoms with Crippen molar-refractivity contribution in [3.05, 3.63) is 119 Å². The predicted octanol–water partition coefficient (Wildman–Crippen LogP) is 3.15. The number of imidazole rings is 1. The molecule has 0 spiro atoms. The van der Waals surface area contributed by atoms with Crippen LogP contribution in [0.25, 0.3) is 0 Å². The van der Waals surface area contributed by atoms with Crippen LogP contribution in [0.2, 0.25) is 0 Å². The minimum absolute atomic E-state index is 0.0644. The van der Waals surface area contributed by atoms with Crippen LogP contribution in [0.4, 0.5) is 5.69 Å². The van der Waals surface area contributed by atoms with Gasteiger partial charge in [0.15, 0.2) is 0 Å². The van der Waals surface area contributed by atoms with Crippen LogP contribution >= 0.6 is 0 Å². The minimum atomic E-state index is -3.70. The van der Waals surface area contributed by atoms with E-state index in [2.05, 4.69) is 30.6 Å². The summed E-state index contributed by atoms with van der Waals surface area (Å²) in [5, 5.41) is 20.1. The predicted molar refractivity (Wildman–Crippen MR) is 170 cm³/mol. The lowest BCUT2D eigenvalue weighted by molar-refractivity contribution is 0.0829. The first-order chi connectivity index (χ1) is 21.1. The van der Waals surface area contributed by atoms with E-state index in [1.54, 1.807) is 12.5 Å². The van der Waals surface area contributed by atoms with E-state index in [0.29, 0.717) is 13.0 Å². The van der Waals surface area contributed by atoms with Crippen molar-refractivity contribution in [1.29, 1.82) is 0 Å². The molecular formula is C32H38N6O5S. The molecule has 3 atom stereocenters. The Morgan fingerprint density at radius 3 is 2.18 bits per heavy atom. The normalized spacial score (nSPS) is 13.4. The molecule has 0 saturated heterocycles. The molecule has 0 bridgehead atoms. The van der Waals surface area contributed by atoms with Gasteiger partial charge in [0.05, 0.1) is 36.0 Å². The summed E-state index contributed by atoms with van der Waals surface area (Å²) in [5.74, 6) is -1.23. The van der Waals surface area contributed by atoms with Gasteiger partial charge in [0.1, 0.15) is 0 Å². The maximum absolute atomic E-state index is 13.7. The van der Waals surface area contributed by atoms with E-state index >= 15 is 0 Å². The second-order valence-corrected chi connectivity index (χ2v) is 12.5. The Morgan fingerprint density at radius 1 is 0.932 bits per heavy atom. The van der Waals surface area contributed by atoms with Crippen molar-refractivity contribution in [1.82, 2.24) is 25.9 Å². The number of aromatic amines is 1. The molecule has 1 aromatic heterocycles. The molecule has 4 rings (SSSR count). The third-order valence-corrected chi connectivity index (χ3v) is 8.37. The summed E-state index contributed by atoms with van der Waals surface area (Å²) in [5.41, 5.74) is 2.90. The Morgan fingerprint density at radius 2 is 1.57 bits per heavy atom. The number of sulfonamides is 1. The molecule has 0 aliphatic heterocycles. The molecule has 1 heterocycles. The summed E-state index contributed by atoms with van der Waals surface area (Å²) < 4.78 is 27.2. The van der Waals surface area contributed by atoms with Crippen molar-refractivity contribution in [2.75, 3.05) is 17.0 Å². The Labute approximate surface area is 257 Å². The fourth-order valence-corrected chi connectivity index (χ4v) is 5.21. The number of hydrogen-bond acceptors (Lipinski definition) is 7. The summed E-state index contributed by atoms with van der Waals surface area (Å²) in [6.07, 6.45) is 2.61. The molecule has 44 heavy (non-hydrogen) atoms. The van der Waals surface area contributed by atoms with E-state index in [9.17, 15) is 23.1 Å². The van der Waals surface area contributed by atoms with Crippen LogP contribution in [0.5, 0.6) is 0 Å². The number of aliphatic hydroxyl groups excluding tert-OH is 1. The molecule has 2 amide bonds. The number of rotatable bonds is 15. The van der Waals surface area contributed by atoms with Crippen molar-refractivity contribution in [3.63, 3.8) is 0 Å². The quantitative estimate of drug-likeness (QED) is 0.119. The summed E-state index contributed by atoms with van der Waals surface area (Å²) in [6, 6.07) is 22.0. The highest BCUT2D eigenvalue weighted by molar-refractivity contribution is 7.92. The zero-order chi connectivity index (χ0) is 31.5. The van der Waals surface area contributed by atoms with Gasteiger partial charge in [-0.3, -0.25) is 14.3 Å². The van der Waals surface area contributed by atoms with Crippen molar-refractivity contribution >= 4 is 27.5 Å². The molecule has 0 aliphatic rings. The summed E-state index contributed by atoms with van der Waals surface area (Å²) in [7, 11) is -3.70. The first-order valence-corrected chi connectivity index (χ1v) is 16.0. The Bertz CT molecular complexity index is 1620. The monoisotopic (exact) mass is 618 g/mol. The number of nitrogens with zero attached hydrogens (tertiary/aromatic N) is 1. The minimum Gasteiger partial charge on any atom is -0.390 e. The van der Waals surface area contributed by atoms with Gasteiger partial charge >= 0.3 is 0 Å². The molecule has 11 nitrogen and oxygen atoms in total. The van der Waals surface area contributed by atoms with Crippen LogP contribution in [0.15, 0.2) is 91.4 Å². The maximum atomic E-state index is 13.7. The fourth-order valence-electron chi connectivity index (χ4n) is 4.59. The number of hydrogen-bond donors (Lipinski definition) is 6. The van der Waals surface area contributed by atoms with Gasteiger partial charge < -0.3 is 26.0 Å². The van der Waals surface area contributed by atoms with Gasteiger partial charge in [0, 0.05) is 36.1 Å². The Kier molecular flexibility index (Phi) is 11.2. The lowest BCUT2D eigenvalue weighted by atomic mass is 10.00. The first-order valence-electron chi connectivity index (χ1n) is 14.4. The van der Waals surface area contributed by atoms with Gasteiger partial charge in [-0.1, -0.05) is 60.7 Å². The summed E-state index contributed by atoms with van der Waals surface area (Å²) in [4.78, 5) is 33.9. The molecule has 3 aromatic carbocycles. The molecule has 12 heteroatoms. The first kappa shape index (κ1) is 32.4. The molecule has 0 aliphatic carbocycles. The van der Waals surface area contributed by atoms with E-state index < -0.39 is 34.0 Å². The summed E-state index contributed by atoms with van der Waals surface area (Å²) >= 11 is 0. The second-order valence-electron chi connectivity index (χ2n) is 10.5. The number of aliphatic hydroxyl groups is 1. The highest BCUT2D eigenvalue weighted by Crippen LogP contribution is 2.20. The molecule has 232 valence electrons. The average molecular weight is 619 g/mol. The Balaban J connectivity index is 1.57. The zero-order valence-electron chi connectivity index (χ0n) is 24.7. The van der Waals surface area contributed by atoms with Crippen molar-refractivity contribution < 1.29 is 23.1 Å².